The fourth-order valence-corrected chi connectivity index (χ4v) is 2.29. The molecular formula is C16H18F3N3O3. The highest BCUT2D eigenvalue weighted by atomic mass is 19.4. The Hall–Kier alpha value is -2.42. The van der Waals surface area contributed by atoms with Crippen LogP contribution in [-0.4, -0.2) is 33.8 Å². The Bertz CT molecular complexity index is 729. The van der Waals surface area contributed by atoms with Crippen LogP contribution in [0.15, 0.2) is 28.8 Å². The molecule has 0 radical (unpaired) electrons. The molecule has 1 aromatic heterocycles. The van der Waals surface area contributed by atoms with Gasteiger partial charge < -0.3 is 14.9 Å². The number of rotatable bonds is 6. The lowest BCUT2D eigenvalue weighted by molar-refractivity contribution is -0.159. The van der Waals surface area contributed by atoms with E-state index in [-0.39, 0.29) is 28.8 Å². The van der Waals surface area contributed by atoms with Crippen molar-refractivity contribution in [2.24, 2.45) is 5.92 Å². The average molecular weight is 357 g/mol. The minimum atomic E-state index is -4.72. The van der Waals surface area contributed by atoms with Crippen LogP contribution >= 0.6 is 0 Å². The second kappa shape index (κ2) is 7.64. The number of nitrogens with one attached hydrogen (secondary N) is 1. The van der Waals surface area contributed by atoms with E-state index < -0.39 is 18.2 Å². The van der Waals surface area contributed by atoms with E-state index in [9.17, 15) is 23.1 Å². The summed E-state index contributed by atoms with van der Waals surface area (Å²) in [4.78, 5) is 15.5. The number of aliphatic hydroxyl groups is 1. The van der Waals surface area contributed by atoms with Gasteiger partial charge in [0.05, 0.1) is 6.10 Å². The van der Waals surface area contributed by atoms with Crippen LogP contribution in [0.2, 0.25) is 0 Å². The maximum absolute atomic E-state index is 12.5. The molecule has 0 aliphatic carbocycles. The van der Waals surface area contributed by atoms with Gasteiger partial charge >= 0.3 is 12.1 Å². The predicted octanol–water partition coefficient (Wildman–Crippen LogP) is 2.89. The summed E-state index contributed by atoms with van der Waals surface area (Å²) in [6, 6.07) is 5.92. The second-order valence-corrected chi connectivity index (χ2v) is 5.90. The second-order valence-electron chi connectivity index (χ2n) is 5.90. The maximum Gasteiger partial charge on any atom is 0.471 e. The molecule has 0 saturated heterocycles. The van der Waals surface area contributed by atoms with Gasteiger partial charge in [-0.1, -0.05) is 24.2 Å². The Kier molecular flexibility index (Phi) is 5.78. The monoisotopic (exact) mass is 357 g/mol. The molecule has 2 N–H and O–H groups in total. The van der Waals surface area contributed by atoms with Crippen molar-refractivity contribution in [2.75, 3.05) is 6.54 Å². The van der Waals surface area contributed by atoms with Crippen molar-refractivity contribution in [2.45, 2.75) is 32.5 Å². The summed E-state index contributed by atoms with van der Waals surface area (Å²) in [7, 11) is 0. The molecule has 0 saturated carbocycles. The van der Waals surface area contributed by atoms with Gasteiger partial charge in [-0.05, 0) is 31.4 Å². The fourth-order valence-electron chi connectivity index (χ4n) is 2.29. The van der Waals surface area contributed by atoms with Crippen LogP contribution in [0, 0.1) is 5.92 Å². The third-order valence-electron chi connectivity index (χ3n) is 3.41. The summed E-state index contributed by atoms with van der Waals surface area (Å²) in [5.41, 5.74) is 0.504. The highest BCUT2D eigenvalue weighted by Gasteiger charge is 2.38. The molecule has 1 aromatic carbocycles. The predicted molar refractivity (Wildman–Crippen MR) is 82.5 cm³/mol. The molecule has 0 aliphatic heterocycles. The Balaban J connectivity index is 2.08. The summed E-state index contributed by atoms with van der Waals surface area (Å²) >= 11 is 0. The minimum Gasteiger partial charge on any atom is -0.393 e. The van der Waals surface area contributed by atoms with Crippen LogP contribution in [0.3, 0.4) is 0 Å². The first-order chi connectivity index (χ1) is 11.7. The summed E-state index contributed by atoms with van der Waals surface area (Å²) in [5, 5.41) is 15.3. The summed E-state index contributed by atoms with van der Waals surface area (Å²) in [6.07, 6.45) is -4.64. The Morgan fingerprint density at radius 1 is 1.36 bits per heavy atom. The van der Waals surface area contributed by atoms with Crippen molar-refractivity contribution in [3.8, 4) is 11.4 Å². The standard InChI is InChI=1S/C16H18F3N3O3/c1-9(6-10(2)23)8-20-14(24)12-5-3-4-11(7-12)13-21-15(25-22-13)16(17,18)19/h3-5,7,9-10,23H,6,8H2,1-2H3,(H,20,24)/t9-,10-/m0/s1. The number of halogens is 3. The molecule has 0 fully saturated rings. The number of carbonyl (C=O) groups excluding carboxylic acids is 1. The minimum absolute atomic E-state index is 0.0821. The first kappa shape index (κ1) is 18.9. The van der Waals surface area contributed by atoms with Gasteiger partial charge in [-0.3, -0.25) is 4.79 Å². The first-order valence-corrected chi connectivity index (χ1v) is 7.64. The Morgan fingerprint density at radius 2 is 2.08 bits per heavy atom. The van der Waals surface area contributed by atoms with Crippen LogP contribution in [-0.2, 0) is 6.18 Å². The number of benzene rings is 1. The number of aromatic nitrogens is 2. The molecular weight excluding hydrogens is 339 g/mol. The van der Waals surface area contributed by atoms with E-state index in [2.05, 4.69) is 20.0 Å². The van der Waals surface area contributed by atoms with Gasteiger partial charge in [0.15, 0.2) is 0 Å². The molecule has 0 bridgehead atoms. The zero-order valence-corrected chi connectivity index (χ0v) is 13.7. The highest BCUT2D eigenvalue weighted by Crippen LogP contribution is 2.29. The molecule has 0 aliphatic rings. The van der Waals surface area contributed by atoms with E-state index in [4.69, 9.17) is 0 Å². The van der Waals surface area contributed by atoms with E-state index in [0.29, 0.717) is 13.0 Å². The quantitative estimate of drug-likeness (QED) is 0.830. The van der Waals surface area contributed by atoms with E-state index in [1.807, 2.05) is 6.92 Å². The van der Waals surface area contributed by atoms with E-state index >= 15 is 0 Å². The van der Waals surface area contributed by atoms with Gasteiger partial charge in [0.25, 0.3) is 5.91 Å². The van der Waals surface area contributed by atoms with Crippen LogP contribution < -0.4 is 5.32 Å². The molecule has 0 unspecified atom stereocenters. The molecule has 2 aromatic rings. The fraction of sp³-hybridized carbons (Fsp3) is 0.438. The van der Waals surface area contributed by atoms with Gasteiger partial charge in [0, 0.05) is 17.7 Å². The summed E-state index contributed by atoms with van der Waals surface area (Å²) < 4.78 is 41.7. The number of alkyl halides is 3. The lowest BCUT2D eigenvalue weighted by atomic mass is 10.0. The normalized spacial score (nSPS) is 14.2. The number of hydrogen-bond acceptors (Lipinski definition) is 5. The average Bonchev–Trinajstić information content (AvgIpc) is 3.02. The maximum atomic E-state index is 12.5. The van der Waals surface area contributed by atoms with Crippen LogP contribution in [0.5, 0.6) is 0 Å². The van der Waals surface area contributed by atoms with Gasteiger partial charge in [-0.2, -0.15) is 18.2 Å². The molecule has 6 nitrogen and oxygen atoms in total. The highest BCUT2D eigenvalue weighted by molar-refractivity contribution is 5.95. The number of carbonyl (C=O) groups is 1. The molecule has 9 heteroatoms. The summed E-state index contributed by atoms with van der Waals surface area (Å²) in [6.45, 7) is 3.93. The number of amides is 1. The van der Waals surface area contributed by atoms with Crippen molar-refractivity contribution >= 4 is 5.91 Å². The van der Waals surface area contributed by atoms with Crippen LogP contribution in [0.1, 0.15) is 36.5 Å². The van der Waals surface area contributed by atoms with Crippen molar-refractivity contribution in [3.63, 3.8) is 0 Å². The lowest BCUT2D eigenvalue weighted by Gasteiger charge is -2.14. The molecule has 1 heterocycles. The lowest BCUT2D eigenvalue weighted by Crippen LogP contribution is -2.29. The van der Waals surface area contributed by atoms with Gasteiger partial charge in [0.1, 0.15) is 0 Å². The van der Waals surface area contributed by atoms with Gasteiger partial charge in [-0.15, -0.1) is 0 Å². The molecule has 2 atom stereocenters. The smallest absolute Gasteiger partial charge is 0.393 e. The zero-order chi connectivity index (χ0) is 18.6. The van der Waals surface area contributed by atoms with E-state index in [1.54, 1.807) is 6.92 Å². The van der Waals surface area contributed by atoms with Gasteiger partial charge in [0.2, 0.25) is 5.82 Å². The topological polar surface area (TPSA) is 88.3 Å². The van der Waals surface area contributed by atoms with Crippen LogP contribution in [0.4, 0.5) is 13.2 Å². The van der Waals surface area contributed by atoms with Crippen molar-refractivity contribution < 1.29 is 27.6 Å². The third kappa shape index (κ3) is 5.28. The number of nitrogens with zero attached hydrogens (tertiary/aromatic N) is 2. The van der Waals surface area contributed by atoms with Crippen LogP contribution in [0.25, 0.3) is 11.4 Å². The first-order valence-electron chi connectivity index (χ1n) is 7.64. The SMILES string of the molecule is C[C@H](CNC(=O)c1cccc(-c2noc(C(F)(F)F)n2)c1)C[C@H](C)O. The van der Waals surface area contributed by atoms with Gasteiger partial charge in [-0.25, -0.2) is 0 Å². The number of hydrogen-bond donors (Lipinski definition) is 2. The molecule has 1 amide bonds. The van der Waals surface area contributed by atoms with Crippen molar-refractivity contribution in [1.29, 1.82) is 0 Å². The Morgan fingerprint density at radius 3 is 2.68 bits per heavy atom. The van der Waals surface area contributed by atoms with E-state index in [1.165, 1.54) is 24.3 Å². The third-order valence-corrected chi connectivity index (χ3v) is 3.41. The summed E-state index contributed by atoms with van der Waals surface area (Å²) in [5.74, 6) is -1.98. The van der Waals surface area contributed by atoms with E-state index in [0.717, 1.165) is 0 Å². The Labute approximate surface area is 142 Å². The molecule has 0 spiro atoms. The van der Waals surface area contributed by atoms with Crippen molar-refractivity contribution in [1.82, 2.24) is 15.5 Å². The number of aliphatic hydroxyl groups excluding tert-OH is 1. The largest absolute Gasteiger partial charge is 0.471 e. The van der Waals surface area contributed by atoms with Crippen molar-refractivity contribution in [3.05, 3.63) is 35.7 Å². The molecule has 25 heavy (non-hydrogen) atoms. The molecule has 136 valence electrons. The zero-order valence-electron chi connectivity index (χ0n) is 13.7. The molecule has 2 rings (SSSR count).